The Morgan fingerprint density at radius 3 is 2.45 bits per heavy atom. The number of carboxylic acids is 1. The van der Waals surface area contributed by atoms with E-state index in [4.69, 9.17) is 5.11 Å². The van der Waals surface area contributed by atoms with Gasteiger partial charge in [0, 0.05) is 5.69 Å². The number of thiazole rings is 1. The van der Waals surface area contributed by atoms with Crippen molar-refractivity contribution in [3.05, 3.63) is 44.9 Å². The molecular weight excluding hydrogens is 276 g/mol. The SMILES string of the molecule is Cc1ncc(C(=O)Nc2cc(C(=O)O)c(C)cc2C)s1. The summed E-state index contributed by atoms with van der Waals surface area (Å²) in [6, 6.07) is 3.23. The Morgan fingerprint density at radius 1 is 1.20 bits per heavy atom. The highest BCUT2D eigenvalue weighted by Crippen LogP contribution is 2.22. The van der Waals surface area contributed by atoms with Crippen LogP contribution in [-0.2, 0) is 0 Å². The molecule has 0 unspecified atom stereocenters. The second kappa shape index (κ2) is 5.42. The molecule has 2 N–H and O–H groups in total. The number of hydrogen-bond donors (Lipinski definition) is 2. The number of aryl methyl sites for hydroxylation is 3. The second-order valence-corrected chi connectivity index (χ2v) is 5.72. The van der Waals surface area contributed by atoms with Crippen molar-refractivity contribution in [3.63, 3.8) is 0 Å². The number of hydrogen-bond acceptors (Lipinski definition) is 4. The summed E-state index contributed by atoms with van der Waals surface area (Å²) in [6.07, 6.45) is 1.51. The molecular formula is C14H14N2O3S. The first-order valence-corrected chi connectivity index (χ1v) is 6.78. The summed E-state index contributed by atoms with van der Waals surface area (Å²) in [4.78, 5) is 27.7. The maximum Gasteiger partial charge on any atom is 0.336 e. The summed E-state index contributed by atoms with van der Waals surface area (Å²) >= 11 is 1.30. The third-order valence-electron chi connectivity index (χ3n) is 2.90. The number of rotatable bonds is 3. The van der Waals surface area contributed by atoms with E-state index in [0.717, 1.165) is 10.6 Å². The molecule has 2 aromatic rings. The Kier molecular flexibility index (Phi) is 3.85. The fourth-order valence-electron chi connectivity index (χ4n) is 1.87. The van der Waals surface area contributed by atoms with Gasteiger partial charge in [-0.3, -0.25) is 4.79 Å². The zero-order chi connectivity index (χ0) is 14.9. The summed E-state index contributed by atoms with van der Waals surface area (Å²) in [5, 5.41) is 12.7. The van der Waals surface area contributed by atoms with Crippen molar-refractivity contribution in [2.45, 2.75) is 20.8 Å². The van der Waals surface area contributed by atoms with Crippen molar-refractivity contribution in [1.82, 2.24) is 4.98 Å². The van der Waals surface area contributed by atoms with Gasteiger partial charge in [0.1, 0.15) is 4.88 Å². The first kappa shape index (κ1) is 14.2. The van der Waals surface area contributed by atoms with Gasteiger partial charge in [0.05, 0.1) is 16.8 Å². The summed E-state index contributed by atoms with van der Waals surface area (Å²) in [5.41, 5.74) is 2.18. The van der Waals surface area contributed by atoms with E-state index in [1.807, 2.05) is 13.8 Å². The molecule has 2 rings (SSSR count). The Hall–Kier alpha value is -2.21. The lowest BCUT2D eigenvalue weighted by Gasteiger charge is -2.10. The number of benzene rings is 1. The lowest BCUT2D eigenvalue weighted by atomic mass is 10.0. The van der Waals surface area contributed by atoms with Crippen LogP contribution in [0.3, 0.4) is 0 Å². The molecule has 1 aromatic carbocycles. The number of carbonyl (C=O) groups excluding carboxylic acids is 1. The van der Waals surface area contributed by atoms with Gasteiger partial charge in [-0.15, -0.1) is 11.3 Å². The molecule has 1 amide bonds. The van der Waals surface area contributed by atoms with E-state index in [2.05, 4.69) is 10.3 Å². The third-order valence-corrected chi connectivity index (χ3v) is 3.81. The largest absolute Gasteiger partial charge is 0.478 e. The second-order valence-electron chi connectivity index (χ2n) is 4.48. The van der Waals surface area contributed by atoms with E-state index in [9.17, 15) is 9.59 Å². The van der Waals surface area contributed by atoms with Gasteiger partial charge in [0.25, 0.3) is 5.91 Å². The highest BCUT2D eigenvalue weighted by molar-refractivity contribution is 7.13. The van der Waals surface area contributed by atoms with Crippen LogP contribution in [0.1, 0.15) is 36.2 Å². The van der Waals surface area contributed by atoms with E-state index in [-0.39, 0.29) is 11.5 Å². The van der Waals surface area contributed by atoms with E-state index in [0.29, 0.717) is 16.1 Å². The van der Waals surface area contributed by atoms with Gasteiger partial charge in [-0.05, 0) is 38.0 Å². The van der Waals surface area contributed by atoms with Crippen molar-refractivity contribution in [3.8, 4) is 0 Å². The first-order chi connectivity index (χ1) is 9.38. The van der Waals surface area contributed by atoms with E-state index >= 15 is 0 Å². The van der Waals surface area contributed by atoms with E-state index < -0.39 is 5.97 Å². The molecule has 1 heterocycles. The van der Waals surface area contributed by atoms with Gasteiger partial charge in [-0.1, -0.05) is 6.07 Å². The normalized spacial score (nSPS) is 10.3. The number of amides is 1. The zero-order valence-corrected chi connectivity index (χ0v) is 12.2. The Bertz CT molecular complexity index is 692. The molecule has 6 heteroatoms. The lowest BCUT2D eigenvalue weighted by molar-refractivity contribution is 0.0695. The summed E-state index contributed by atoms with van der Waals surface area (Å²) in [7, 11) is 0. The Labute approximate surface area is 120 Å². The number of nitrogens with one attached hydrogen (secondary N) is 1. The molecule has 0 aliphatic heterocycles. The Morgan fingerprint density at radius 2 is 1.90 bits per heavy atom. The molecule has 0 atom stereocenters. The number of carbonyl (C=O) groups is 2. The van der Waals surface area contributed by atoms with Crippen LogP contribution in [0.4, 0.5) is 5.69 Å². The molecule has 0 aliphatic rings. The van der Waals surface area contributed by atoms with Crippen LogP contribution in [-0.4, -0.2) is 22.0 Å². The highest BCUT2D eigenvalue weighted by atomic mass is 32.1. The monoisotopic (exact) mass is 290 g/mol. The Balaban J connectivity index is 2.31. The van der Waals surface area contributed by atoms with E-state index in [1.54, 1.807) is 13.0 Å². The van der Waals surface area contributed by atoms with Crippen LogP contribution in [0.15, 0.2) is 18.3 Å². The topological polar surface area (TPSA) is 79.3 Å². The standard InChI is InChI=1S/C14H14N2O3S/c1-7-4-8(2)11(5-10(7)14(18)19)16-13(17)12-6-15-9(3)20-12/h4-6H,1-3H3,(H,16,17)(H,18,19). The van der Waals surface area contributed by atoms with Gasteiger partial charge in [-0.25, -0.2) is 9.78 Å². The number of aromatic carboxylic acids is 1. The van der Waals surface area contributed by atoms with Crippen molar-refractivity contribution >= 4 is 28.9 Å². The van der Waals surface area contributed by atoms with Crippen LogP contribution < -0.4 is 5.32 Å². The van der Waals surface area contributed by atoms with Crippen molar-refractivity contribution in [2.75, 3.05) is 5.32 Å². The van der Waals surface area contributed by atoms with Gasteiger partial charge in [-0.2, -0.15) is 0 Å². The predicted molar refractivity (Wildman–Crippen MR) is 77.7 cm³/mol. The number of nitrogens with zero attached hydrogens (tertiary/aromatic N) is 1. The predicted octanol–water partition coefficient (Wildman–Crippen LogP) is 3.02. The smallest absolute Gasteiger partial charge is 0.336 e. The molecule has 0 aliphatic carbocycles. The minimum Gasteiger partial charge on any atom is -0.478 e. The number of anilines is 1. The quantitative estimate of drug-likeness (QED) is 0.910. The first-order valence-electron chi connectivity index (χ1n) is 5.97. The summed E-state index contributed by atoms with van der Waals surface area (Å²) in [6.45, 7) is 5.38. The average Bonchev–Trinajstić information content (AvgIpc) is 2.79. The van der Waals surface area contributed by atoms with Crippen LogP contribution >= 0.6 is 11.3 Å². The van der Waals surface area contributed by atoms with Gasteiger partial charge in [0.15, 0.2) is 0 Å². The molecule has 5 nitrogen and oxygen atoms in total. The van der Waals surface area contributed by atoms with Crippen molar-refractivity contribution < 1.29 is 14.7 Å². The molecule has 0 fully saturated rings. The molecule has 104 valence electrons. The maximum absolute atomic E-state index is 12.1. The van der Waals surface area contributed by atoms with Crippen LogP contribution in [0, 0.1) is 20.8 Å². The number of aromatic nitrogens is 1. The molecule has 0 spiro atoms. The van der Waals surface area contributed by atoms with Crippen LogP contribution in [0.25, 0.3) is 0 Å². The van der Waals surface area contributed by atoms with Crippen LogP contribution in [0.5, 0.6) is 0 Å². The van der Waals surface area contributed by atoms with Gasteiger partial charge in [0.2, 0.25) is 0 Å². The molecule has 0 saturated carbocycles. The summed E-state index contributed by atoms with van der Waals surface area (Å²) in [5.74, 6) is -1.29. The van der Waals surface area contributed by atoms with Gasteiger partial charge >= 0.3 is 5.97 Å². The molecule has 0 bridgehead atoms. The number of carboxylic acid groups (broad SMARTS) is 1. The zero-order valence-electron chi connectivity index (χ0n) is 11.4. The molecule has 1 aromatic heterocycles. The fourth-order valence-corrected chi connectivity index (χ4v) is 2.54. The molecule has 20 heavy (non-hydrogen) atoms. The molecule has 0 radical (unpaired) electrons. The lowest BCUT2D eigenvalue weighted by Crippen LogP contribution is -2.12. The van der Waals surface area contributed by atoms with Crippen LogP contribution in [0.2, 0.25) is 0 Å². The fraction of sp³-hybridized carbons (Fsp3) is 0.214. The van der Waals surface area contributed by atoms with E-state index in [1.165, 1.54) is 23.6 Å². The highest BCUT2D eigenvalue weighted by Gasteiger charge is 2.14. The third kappa shape index (κ3) is 2.85. The molecule has 0 saturated heterocycles. The average molecular weight is 290 g/mol. The van der Waals surface area contributed by atoms with Crippen molar-refractivity contribution in [1.29, 1.82) is 0 Å². The van der Waals surface area contributed by atoms with Crippen molar-refractivity contribution in [2.24, 2.45) is 0 Å². The minimum atomic E-state index is -1.01. The minimum absolute atomic E-state index is 0.186. The maximum atomic E-state index is 12.1. The summed E-state index contributed by atoms with van der Waals surface area (Å²) < 4.78 is 0. The van der Waals surface area contributed by atoms with Gasteiger partial charge < -0.3 is 10.4 Å².